The van der Waals surface area contributed by atoms with Gasteiger partial charge in [-0.3, -0.25) is 0 Å². The molecule has 0 radical (unpaired) electrons. The SMILES string of the molecule is CC1CCCC1CNCc1csc(C(C)(C)C)n1. The molecule has 0 spiro atoms. The number of nitrogens with zero attached hydrogens (tertiary/aromatic N) is 1. The zero-order valence-corrected chi connectivity index (χ0v) is 12.9. The van der Waals surface area contributed by atoms with Gasteiger partial charge < -0.3 is 5.32 Å². The summed E-state index contributed by atoms with van der Waals surface area (Å²) < 4.78 is 0. The third-order valence-corrected chi connectivity index (χ3v) is 5.26. The molecule has 2 atom stereocenters. The van der Waals surface area contributed by atoms with Crippen molar-refractivity contribution in [2.45, 2.75) is 58.9 Å². The highest BCUT2D eigenvalue weighted by atomic mass is 32.1. The summed E-state index contributed by atoms with van der Waals surface area (Å²) in [6.45, 7) is 11.1. The smallest absolute Gasteiger partial charge is 0.0982 e. The van der Waals surface area contributed by atoms with Gasteiger partial charge in [0.1, 0.15) is 0 Å². The zero-order chi connectivity index (χ0) is 13.2. The third kappa shape index (κ3) is 3.55. The molecule has 2 unspecified atom stereocenters. The summed E-state index contributed by atoms with van der Waals surface area (Å²) in [6, 6.07) is 0. The topological polar surface area (TPSA) is 24.9 Å². The summed E-state index contributed by atoms with van der Waals surface area (Å²) in [5.74, 6) is 1.78. The Labute approximate surface area is 115 Å². The minimum atomic E-state index is 0.183. The Morgan fingerprint density at radius 2 is 2.17 bits per heavy atom. The lowest BCUT2D eigenvalue weighted by Gasteiger charge is -2.15. The van der Waals surface area contributed by atoms with Crippen LogP contribution in [-0.4, -0.2) is 11.5 Å². The minimum Gasteiger partial charge on any atom is -0.311 e. The standard InChI is InChI=1S/C15H26N2S/c1-11-6-5-7-12(11)8-16-9-13-10-18-14(17-13)15(2,3)4/h10-12,16H,5-9H2,1-4H3. The van der Waals surface area contributed by atoms with Gasteiger partial charge in [-0.2, -0.15) is 0 Å². The molecule has 0 bridgehead atoms. The fraction of sp³-hybridized carbons (Fsp3) is 0.800. The molecule has 1 saturated carbocycles. The maximum Gasteiger partial charge on any atom is 0.0982 e. The largest absolute Gasteiger partial charge is 0.311 e. The van der Waals surface area contributed by atoms with Crippen molar-refractivity contribution in [1.29, 1.82) is 0 Å². The molecule has 18 heavy (non-hydrogen) atoms. The lowest BCUT2D eigenvalue weighted by molar-refractivity contribution is 0.391. The first-order valence-corrected chi connectivity index (χ1v) is 8.00. The number of hydrogen-bond donors (Lipinski definition) is 1. The summed E-state index contributed by atoms with van der Waals surface area (Å²) in [5, 5.41) is 7.03. The molecule has 2 nitrogen and oxygen atoms in total. The summed E-state index contributed by atoms with van der Waals surface area (Å²) in [6.07, 6.45) is 4.23. The Morgan fingerprint density at radius 1 is 1.39 bits per heavy atom. The number of thiazole rings is 1. The second-order valence-corrected chi connectivity index (χ2v) is 7.55. The predicted octanol–water partition coefficient (Wildman–Crippen LogP) is 3.97. The van der Waals surface area contributed by atoms with E-state index in [0.29, 0.717) is 0 Å². The van der Waals surface area contributed by atoms with E-state index in [0.717, 1.165) is 24.9 Å². The zero-order valence-electron chi connectivity index (χ0n) is 12.1. The van der Waals surface area contributed by atoms with Gasteiger partial charge in [0.2, 0.25) is 0 Å². The van der Waals surface area contributed by atoms with Crippen LogP contribution >= 0.6 is 11.3 Å². The average molecular weight is 266 g/mol. The van der Waals surface area contributed by atoms with E-state index in [-0.39, 0.29) is 5.41 Å². The summed E-state index contributed by atoms with van der Waals surface area (Å²) in [5.41, 5.74) is 1.39. The molecule has 2 rings (SSSR count). The van der Waals surface area contributed by atoms with Gasteiger partial charge in [-0.25, -0.2) is 4.98 Å². The van der Waals surface area contributed by atoms with Crippen molar-refractivity contribution in [3.05, 3.63) is 16.1 Å². The Kier molecular flexibility index (Phi) is 4.44. The maximum absolute atomic E-state index is 4.72. The summed E-state index contributed by atoms with van der Waals surface area (Å²) in [7, 11) is 0. The minimum absolute atomic E-state index is 0.183. The average Bonchev–Trinajstić information content (AvgIpc) is 2.88. The number of rotatable bonds is 4. The third-order valence-electron chi connectivity index (χ3n) is 3.95. The lowest BCUT2D eigenvalue weighted by Crippen LogP contribution is -2.24. The van der Waals surface area contributed by atoms with Crippen LogP contribution in [0.1, 0.15) is 57.7 Å². The van der Waals surface area contributed by atoms with Gasteiger partial charge in [0.05, 0.1) is 10.7 Å². The van der Waals surface area contributed by atoms with Crippen molar-refractivity contribution in [1.82, 2.24) is 10.3 Å². The van der Waals surface area contributed by atoms with E-state index in [2.05, 4.69) is 38.4 Å². The fourth-order valence-corrected chi connectivity index (χ4v) is 3.55. The normalized spacial score (nSPS) is 24.7. The molecule has 1 aliphatic carbocycles. The van der Waals surface area contributed by atoms with Crippen LogP contribution in [0, 0.1) is 11.8 Å². The summed E-state index contributed by atoms with van der Waals surface area (Å²) in [4.78, 5) is 4.72. The Bertz CT molecular complexity index is 378. The molecule has 102 valence electrons. The van der Waals surface area contributed by atoms with Crippen LogP contribution in [-0.2, 0) is 12.0 Å². The summed E-state index contributed by atoms with van der Waals surface area (Å²) >= 11 is 1.79. The van der Waals surface area contributed by atoms with Crippen LogP contribution in [0.25, 0.3) is 0 Å². The second kappa shape index (κ2) is 5.70. The highest BCUT2D eigenvalue weighted by Crippen LogP contribution is 2.30. The van der Waals surface area contributed by atoms with E-state index in [9.17, 15) is 0 Å². The first-order valence-electron chi connectivity index (χ1n) is 7.12. The monoisotopic (exact) mass is 266 g/mol. The van der Waals surface area contributed by atoms with E-state index in [1.807, 2.05) is 0 Å². The van der Waals surface area contributed by atoms with Crippen molar-refractivity contribution in [2.75, 3.05) is 6.54 Å². The molecule has 1 N–H and O–H groups in total. The highest BCUT2D eigenvalue weighted by molar-refractivity contribution is 7.09. The van der Waals surface area contributed by atoms with Crippen molar-refractivity contribution in [2.24, 2.45) is 11.8 Å². The van der Waals surface area contributed by atoms with Crippen LogP contribution < -0.4 is 5.32 Å². The van der Waals surface area contributed by atoms with Gasteiger partial charge >= 0.3 is 0 Å². The molecule has 1 aromatic heterocycles. The van der Waals surface area contributed by atoms with Gasteiger partial charge in [0.15, 0.2) is 0 Å². The van der Waals surface area contributed by atoms with Gasteiger partial charge in [-0.05, 0) is 24.8 Å². The van der Waals surface area contributed by atoms with E-state index < -0.39 is 0 Å². The van der Waals surface area contributed by atoms with Crippen molar-refractivity contribution in [3.8, 4) is 0 Å². The highest BCUT2D eigenvalue weighted by Gasteiger charge is 2.23. The molecule has 1 fully saturated rings. The molecule has 1 heterocycles. The second-order valence-electron chi connectivity index (χ2n) is 6.69. The van der Waals surface area contributed by atoms with Crippen molar-refractivity contribution < 1.29 is 0 Å². The molecule has 0 aromatic carbocycles. The lowest BCUT2D eigenvalue weighted by atomic mass is 9.98. The van der Waals surface area contributed by atoms with Crippen LogP contribution in [0.4, 0.5) is 0 Å². The Morgan fingerprint density at radius 3 is 2.72 bits per heavy atom. The number of nitrogens with one attached hydrogen (secondary N) is 1. The van der Waals surface area contributed by atoms with Crippen molar-refractivity contribution >= 4 is 11.3 Å². The van der Waals surface area contributed by atoms with Crippen LogP contribution in [0.15, 0.2) is 5.38 Å². The Hall–Kier alpha value is -0.410. The van der Waals surface area contributed by atoms with Crippen LogP contribution in [0.2, 0.25) is 0 Å². The van der Waals surface area contributed by atoms with Crippen molar-refractivity contribution in [3.63, 3.8) is 0 Å². The maximum atomic E-state index is 4.72. The fourth-order valence-electron chi connectivity index (χ4n) is 2.64. The van der Waals surface area contributed by atoms with E-state index in [4.69, 9.17) is 4.98 Å². The van der Waals surface area contributed by atoms with E-state index >= 15 is 0 Å². The molecule has 0 saturated heterocycles. The number of aromatic nitrogens is 1. The molecule has 0 amide bonds. The molecule has 1 aromatic rings. The molecular formula is C15H26N2S. The predicted molar refractivity (Wildman–Crippen MR) is 79.0 cm³/mol. The van der Waals surface area contributed by atoms with Gasteiger partial charge in [-0.15, -0.1) is 11.3 Å². The van der Waals surface area contributed by atoms with Gasteiger partial charge in [0.25, 0.3) is 0 Å². The quantitative estimate of drug-likeness (QED) is 0.892. The molecule has 1 aliphatic rings. The van der Waals surface area contributed by atoms with Crippen LogP contribution in [0.5, 0.6) is 0 Å². The first-order chi connectivity index (χ1) is 8.47. The Balaban J connectivity index is 1.78. The van der Waals surface area contributed by atoms with E-state index in [1.165, 1.54) is 30.0 Å². The molecular weight excluding hydrogens is 240 g/mol. The molecule has 3 heteroatoms. The van der Waals surface area contributed by atoms with E-state index in [1.54, 1.807) is 11.3 Å². The van der Waals surface area contributed by atoms with Gasteiger partial charge in [-0.1, -0.05) is 40.5 Å². The number of hydrogen-bond acceptors (Lipinski definition) is 3. The molecule has 0 aliphatic heterocycles. The van der Waals surface area contributed by atoms with Gasteiger partial charge in [0, 0.05) is 17.3 Å². The first kappa shape index (κ1) is 14.0. The van der Waals surface area contributed by atoms with Crippen LogP contribution in [0.3, 0.4) is 0 Å².